The normalized spacial score (nSPS) is 15.8. The van der Waals surface area contributed by atoms with Crippen molar-refractivity contribution in [2.45, 2.75) is 38.1 Å². The van der Waals surface area contributed by atoms with Crippen molar-refractivity contribution in [1.29, 1.82) is 0 Å². The van der Waals surface area contributed by atoms with Gasteiger partial charge in [0, 0.05) is 17.8 Å². The van der Waals surface area contributed by atoms with Crippen LogP contribution >= 0.6 is 0 Å². The molecule has 5 heteroatoms. The van der Waals surface area contributed by atoms with Crippen molar-refractivity contribution in [2.75, 3.05) is 5.32 Å². The predicted molar refractivity (Wildman–Crippen MR) is 91.5 cm³/mol. The average Bonchev–Trinajstić information content (AvgIpc) is 3.02. The van der Waals surface area contributed by atoms with Crippen molar-refractivity contribution in [1.82, 2.24) is 15.2 Å². The van der Waals surface area contributed by atoms with E-state index in [0.29, 0.717) is 6.04 Å². The molecule has 5 nitrogen and oxygen atoms in total. The number of H-pyrrole nitrogens is 1. The Morgan fingerprint density at radius 2 is 1.83 bits per heavy atom. The predicted octanol–water partition coefficient (Wildman–Crippen LogP) is 4.08. The Kier molecular flexibility index (Phi) is 3.61. The number of rotatable bonds is 3. The summed E-state index contributed by atoms with van der Waals surface area (Å²) in [6.45, 7) is 0. The molecule has 1 saturated carbocycles. The lowest BCUT2D eigenvalue weighted by molar-refractivity contribution is 0.462. The van der Waals surface area contributed by atoms with Crippen molar-refractivity contribution in [2.24, 2.45) is 0 Å². The van der Waals surface area contributed by atoms with Gasteiger partial charge in [0.2, 0.25) is 0 Å². The van der Waals surface area contributed by atoms with Crippen LogP contribution in [0.2, 0.25) is 0 Å². The first-order chi connectivity index (χ1) is 11.3. The molecule has 2 aromatic heterocycles. The SMILES string of the molecule is Oc1ccc(-c2n[nH]c3ccnc(NC4CCCCC4)c23)cc1. The number of anilines is 1. The highest BCUT2D eigenvalue weighted by Gasteiger charge is 2.18. The van der Waals surface area contributed by atoms with E-state index in [2.05, 4.69) is 20.5 Å². The van der Waals surface area contributed by atoms with Gasteiger partial charge in [-0.1, -0.05) is 19.3 Å². The Hall–Kier alpha value is -2.56. The molecule has 4 rings (SSSR count). The molecule has 0 amide bonds. The van der Waals surface area contributed by atoms with Crippen molar-refractivity contribution in [3.8, 4) is 17.0 Å². The van der Waals surface area contributed by atoms with Gasteiger partial charge in [0.1, 0.15) is 17.3 Å². The molecule has 2 heterocycles. The summed E-state index contributed by atoms with van der Waals surface area (Å²) in [4.78, 5) is 4.56. The number of phenolic OH excluding ortho intramolecular Hbond substituents is 1. The Morgan fingerprint density at radius 3 is 2.61 bits per heavy atom. The molecule has 0 bridgehead atoms. The van der Waals surface area contributed by atoms with Gasteiger partial charge in [0.05, 0.1) is 10.9 Å². The van der Waals surface area contributed by atoms with Crippen LogP contribution in [0.4, 0.5) is 5.82 Å². The molecule has 1 aromatic carbocycles. The summed E-state index contributed by atoms with van der Waals surface area (Å²) in [5.74, 6) is 1.15. The van der Waals surface area contributed by atoms with E-state index in [4.69, 9.17) is 0 Å². The molecule has 1 aliphatic carbocycles. The molecule has 0 radical (unpaired) electrons. The Balaban J connectivity index is 1.75. The summed E-state index contributed by atoms with van der Waals surface area (Å²) in [5, 5.41) is 21.7. The second-order valence-corrected chi connectivity index (χ2v) is 6.18. The molecule has 118 valence electrons. The van der Waals surface area contributed by atoms with Crippen LogP contribution in [0.5, 0.6) is 5.75 Å². The zero-order chi connectivity index (χ0) is 15.6. The maximum absolute atomic E-state index is 9.49. The van der Waals surface area contributed by atoms with E-state index in [1.807, 2.05) is 24.4 Å². The van der Waals surface area contributed by atoms with E-state index in [1.54, 1.807) is 12.1 Å². The molecule has 1 aliphatic rings. The smallest absolute Gasteiger partial charge is 0.137 e. The molecule has 0 aliphatic heterocycles. The minimum atomic E-state index is 0.257. The number of hydrogen-bond donors (Lipinski definition) is 3. The molecule has 0 atom stereocenters. The summed E-state index contributed by atoms with van der Waals surface area (Å²) in [7, 11) is 0. The second kappa shape index (κ2) is 5.91. The molecular weight excluding hydrogens is 288 g/mol. The summed E-state index contributed by atoms with van der Waals surface area (Å²) >= 11 is 0. The number of aromatic amines is 1. The molecule has 0 spiro atoms. The molecule has 3 aromatic rings. The fraction of sp³-hybridized carbons (Fsp3) is 0.333. The lowest BCUT2D eigenvalue weighted by Gasteiger charge is -2.23. The minimum absolute atomic E-state index is 0.257. The third-order valence-corrected chi connectivity index (χ3v) is 4.56. The highest BCUT2D eigenvalue weighted by atomic mass is 16.3. The number of phenols is 1. The van der Waals surface area contributed by atoms with Crippen molar-refractivity contribution >= 4 is 16.7 Å². The highest BCUT2D eigenvalue weighted by molar-refractivity contribution is 6.00. The standard InChI is InChI=1S/C18H20N4O/c23-14-8-6-12(7-9-14)17-16-15(21-22-17)10-11-19-18(16)20-13-4-2-1-3-5-13/h6-11,13,23H,1-5H2,(H,19,20)(H,21,22). The third-order valence-electron chi connectivity index (χ3n) is 4.56. The van der Waals surface area contributed by atoms with Gasteiger partial charge >= 0.3 is 0 Å². The number of aromatic nitrogens is 3. The topological polar surface area (TPSA) is 73.8 Å². The number of aromatic hydroxyl groups is 1. The average molecular weight is 308 g/mol. The van der Waals surface area contributed by atoms with Crippen molar-refractivity contribution in [3.63, 3.8) is 0 Å². The molecule has 0 unspecified atom stereocenters. The second-order valence-electron chi connectivity index (χ2n) is 6.18. The van der Waals surface area contributed by atoms with Gasteiger partial charge < -0.3 is 10.4 Å². The van der Waals surface area contributed by atoms with Crippen molar-refractivity contribution in [3.05, 3.63) is 36.5 Å². The fourth-order valence-corrected chi connectivity index (χ4v) is 3.34. The van der Waals surface area contributed by atoms with Gasteiger partial charge in [0.25, 0.3) is 0 Å². The van der Waals surface area contributed by atoms with Gasteiger partial charge in [-0.25, -0.2) is 4.98 Å². The number of pyridine rings is 1. The van der Waals surface area contributed by atoms with E-state index in [0.717, 1.165) is 28.0 Å². The summed E-state index contributed by atoms with van der Waals surface area (Å²) in [6, 6.07) is 9.55. The number of benzene rings is 1. The van der Waals surface area contributed by atoms with E-state index < -0.39 is 0 Å². The van der Waals surface area contributed by atoms with Gasteiger partial charge in [-0.3, -0.25) is 5.10 Å². The molecule has 0 saturated heterocycles. The minimum Gasteiger partial charge on any atom is -0.508 e. The highest BCUT2D eigenvalue weighted by Crippen LogP contribution is 2.32. The van der Waals surface area contributed by atoms with Crippen LogP contribution in [0.1, 0.15) is 32.1 Å². The summed E-state index contributed by atoms with van der Waals surface area (Å²) in [5.41, 5.74) is 2.81. The largest absolute Gasteiger partial charge is 0.508 e. The maximum Gasteiger partial charge on any atom is 0.137 e. The summed E-state index contributed by atoms with van der Waals surface area (Å²) < 4.78 is 0. The van der Waals surface area contributed by atoms with E-state index in [1.165, 1.54) is 32.1 Å². The van der Waals surface area contributed by atoms with E-state index in [-0.39, 0.29) is 5.75 Å². The molecule has 23 heavy (non-hydrogen) atoms. The number of fused-ring (bicyclic) bond motifs is 1. The first kappa shape index (κ1) is 14.1. The Bertz CT molecular complexity index is 804. The maximum atomic E-state index is 9.49. The van der Waals surface area contributed by atoms with Crippen molar-refractivity contribution < 1.29 is 5.11 Å². The number of hydrogen-bond acceptors (Lipinski definition) is 4. The third kappa shape index (κ3) is 2.74. The van der Waals surface area contributed by atoms with Gasteiger partial charge in [-0.2, -0.15) is 5.10 Å². The van der Waals surface area contributed by atoms with Crippen LogP contribution in [0, 0.1) is 0 Å². The zero-order valence-corrected chi connectivity index (χ0v) is 12.9. The molecule has 3 N–H and O–H groups in total. The first-order valence-electron chi connectivity index (χ1n) is 8.20. The van der Waals surface area contributed by atoms with Gasteiger partial charge in [-0.15, -0.1) is 0 Å². The summed E-state index contributed by atoms with van der Waals surface area (Å²) in [6.07, 6.45) is 8.11. The van der Waals surface area contributed by atoms with Gasteiger partial charge in [0.15, 0.2) is 0 Å². The fourth-order valence-electron chi connectivity index (χ4n) is 3.34. The lowest BCUT2D eigenvalue weighted by atomic mass is 9.95. The zero-order valence-electron chi connectivity index (χ0n) is 12.9. The monoisotopic (exact) mass is 308 g/mol. The quantitative estimate of drug-likeness (QED) is 0.681. The van der Waals surface area contributed by atoms with Crippen LogP contribution in [0.25, 0.3) is 22.2 Å². The van der Waals surface area contributed by atoms with Gasteiger partial charge in [-0.05, 0) is 43.2 Å². The first-order valence-corrected chi connectivity index (χ1v) is 8.20. The van der Waals surface area contributed by atoms with E-state index >= 15 is 0 Å². The van der Waals surface area contributed by atoms with Crippen LogP contribution in [-0.2, 0) is 0 Å². The van der Waals surface area contributed by atoms with Crippen LogP contribution < -0.4 is 5.32 Å². The van der Waals surface area contributed by atoms with Crippen LogP contribution in [0.3, 0.4) is 0 Å². The number of nitrogens with one attached hydrogen (secondary N) is 2. The van der Waals surface area contributed by atoms with Crippen LogP contribution in [0.15, 0.2) is 36.5 Å². The molecular formula is C18H20N4O. The van der Waals surface area contributed by atoms with E-state index in [9.17, 15) is 5.11 Å². The molecule has 1 fully saturated rings. The Morgan fingerprint density at radius 1 is 1.04 bits per heavy atom. The van der Waals surface area contributed by atoms with Crippen LogP contribution in [-0.4, -0.2) is 26.3 Å². The Labute approximate surface area is 134 Å². The number of nitrogens with zero attached hydrogens (tertiary/aromatic N) is 2. The lowest BCUT2D eigenvalue weighted by Crippen LogP contribution is -2.22.